The topological polar surface area (TPSA) is 213 Å². The molecule has 1 aromatic heterocycles. The molecule has 0 radical (unpaired) electrons. The lowest BCUT2D eigenvalue weighted by molar-refractivity contribution is -0.138. The first kappa shape index (κ1) is 49.8. The average molecular weight is 956 g/mol. The summed E-state index contributed by atoms with van der Waals surface area (Å²) in [6.45, 7) is 8.64. The van der Waals surface area contributed by atoms with Crippen LogP contribution in [0.15, 0.2) is 60.8 Å². The SMILES string of the molecule is CNC(=O)c1ccccc1Nc1nc(Nc2cc(C)c(C3CCN(CCCCCCNC(=O)COc4cccc5c4C(=O)N(C4CCC(=O)NC4=O)C5=O)CC3)cc2OC(C)C)ncc1C(F)(F)F. The van der Waals surface area contributed by atoms with Crippen molar-refractivity contribution in [3.63, 3.8) is 0 Å². The number of halogens is 3. The Morgan fingerprint density at radius 1 is 0.899 bits per heavy atom. The number of carbonyl (C=O) groups is 6. The summed E-state index contributed by atoms with van der Waals surface area (Å²) in [5.74, 6) is -3.15. The highest BCUT2D eigenvalue weighted by molar-refractivity contribution is 6.24. The summed E-state index contributed by atoms with van der Waals surface area (Å²) >= 11 is 0. The number of carbonyl (C=O) groups excluding carboxylic acids is 6. The number of imide groups is 2. The number of hydrogen-bond acceptors (Lipinski definition) is 13. The van der Waals surface area contributed by atoms with Crippen molar-refractivity contribution in [3.05, 3.63) is 94.2 Å². The Morgan fingerprint density at radius 2 is 1.65 bits per heavy atom. The number of unbranched alkanes of at least 4 members (excludes halogenated alkanes) is 3. The quantitative estimate of drug-likeness (QED) is 0.0486. The lowest BCUT2D eigenvalue weighted by Gasteiger charge is -2.33. The van der Waals surface area contributed by atoms with Gasteiger partial charge in [-0.3, -0.25) is 39.0 Å². The zero-order valence-corrected chi connectivity index (χ0v) is 38.9. The first-order chi connectivity index (χ1) is 33.0. The highest BCUT2D eigenvalue weighted by Gasteiger charge is 2.46. The molecule has 4 heterocycles. The van der Waals surface area contributed by atoms with E-state index in [1.165, 1.54) is 37.4 Å². The molecular weight excluding hydrogens is 900 g/mol. The van der Waals surface area contributed by atoms with Gasteiger partial charge in [0.1, 0.15) is 28.9 Å². The predicted octanol–water partition coefficient (Wildman–Crippen LogP) is 6.77. The normalized spacial score (nSPS) is 16.6. The molecule has 6 amide bonds. The van der Waals surface area contributed by atoms with Crippen LogP contribution in [-0.4, -0.2) is 107 Å². The first-order valence-electron chi connectivity index (χ1n) is 23.1. The number of anilines is 4. The molecule has 0 spiro atoms. The van der Waals surface area contributed by atoms with Crippen molar-refractivity contribution in [2.45, 2.75) is 96.4 Å². The lowest BCUT2D eigenvalue weighted by Crippen LogP contribution is -2.54. The van der Waals surface area contributed by atoms with E-state index in [9.17, 15) is 41.9 Å². The van der Waals surface area contributed by atoms with E-state index in [1.807, 2.05) is 32.9 Å². The van der Waals surface area contributed by atoms with E-state index in [2.05, 4.69) is 41.5 Å². The number of nitrogens with zero attached hydrogens (tertiary/aromatic N) is 4. The second kappa shape index (κ2) is 21.9. The summed E-state index contributed by atoms with van der Waals surface area (Å²) in [6, 6.07) is 13.5. The van der Waals surface area contributed by atoms with Gasteiger partial charge in [0.15, 0.2) is 6.61 Å². The maximum Gasteiger partial charge on any atom is 0.421 e. The number of piperidine rings is 2. The Hall–Kier alpha value is -7.09. The van der Waals surface area contributed by atoms with Gasteiger partial charge in [0, 0.05) is 26.2 Å². The third-order valence-corrected chi connectivity index (χ3v) is 12.3. The molecule has 2 fully saturated rings. The molecule has 2 saturated heterocycles. The van der Waals surface area contributed by atoms with Crippen molar-refractivity contribution in [1.82, 2.24) is 35.7 Å². The Kier molecular flexibility index (Phi) is 15.8. The maximum atomic E-state index is 14.1. The number of fused-ring (bicyclic) bond motifs is 1. The molecule has 0 aliphatic carbocycles. The van der Waals surface area contributed by atoms with E-state index in [1.54, 1.807) is 12.1 Å². The van der Waals surface area contributed by atoms with Gasteiger partial charge in [-0.05, 0) is 126 Å². The molecule has 5 N–H and O–H groups in total. The molecule has 0 saturated carbocycles. The summed E-state index contributed by atoms with van der Waals surface area (Å²) in [5.41, 5.74) is 1.88. The Labute approximate surface area is 397 Å². The van der Waals surface area contributed by atoms with Gasteiger partial charge in [-0.1, -0.05) is 31.0 Å². The predicted molar refractivity (Wildman–Crippen MR) is 249 cm³/mol. The number of para-hydroxylation sites is 1. The van der Waals surface area contributed by atoms with Crippen LogP contribution in [0.1, 0.15) is 119 Å². The minimum atomic E-state index is -4.78. The number of rotatable bonds is 19. The van der Waals surface area contributed by atoms with Crippen LogP contribution in [0.3, 0.4) is 0 Å². The van der Waals surface area contributed by atoms with Crippen LogP contribution in [0.4, 0.5) is 36.3 Å². The molecule has 3 aromatic carbocycles. The van der Waals surface area contributed by atoms with E-state index in [-0.39, 0.29) is 71.5 Å². The molecule has 4 aromatic rings. The molecule has 3 aliphatic rings. The summed E-state index contributed by atoms with van der Waals surface area (Å²) in [7, 11) is 1.43. The largest absolute Gasteiger partial charge is 0.489 e. The van der Waals surface area contributed by atoms with E-state index in [4.69, 9.17) is 9.47 Å². The van der Waals surface area contributed by atoms with Crippen LogP contribution >= 0.6 is 0 Å². The molecule has 3 aliphatic heterocycles. The Balaban J connectivity index is 0.858. The molecule has 1 atom stereocenters. The van der Waals surface area contributed by atoms with Gasteiger partial charge in [-0.15, -0.1) is 0 Å². The summed E-state index contributed by atoms with van der Waals surface area (Å²) in [5, 5.41) is 13.3. The number of nitrogens with one attached hydrogen (secondary N) is 5. The van der Waals surface area contributed by atoms with Gasteiger partial charge in [-0.25, -0.2) is 4.98 Å². The number of alkyl halides is 3. The number of likely N-dealkylation sites (tertiary alicyclic amines) is 1. The Bertz CT molecular complexity index is 2600. The minimum Gasteiger partial charge on any atom is -0.489 e. The van der Waals surface area contributed by atoms with E-state index in [0.29, 0.717) is 24.2 Å². The highest BCUT2D eigenvalue weighted by Crippen LogP contribution is 2.40. The number of aryl methyl sites for hydroxylation is 1. The fourth-order valence-corrected chi connectivity index (χ4v) is 8.82. The first-order valence-corrected chi connectivity index (χ1v) is 23.1. The number of hydrogen-bond donors (Lipinski definition) is 5. The molecular formula is C49H56F3N9O8. The molecule has 7 rings (SSSR count). The van der Waals surface area contributed by atoms with Gasteiger partial charge in [0.2, 0.25) is 17.8 Å². The van der Waals surface area contributed by atoms with Gasteiger partial charge in [0.05, 0.1) is 34.2 Å². The van der Waals surface area contributed by atoms with Crippen LogP contribution < -0.4 is 36.1 Å². The van der Waals surface area contributed by atoms with Gasteiger partial charge in [-0.2, -0.15) is 18.2 Å². The second-order valence-corrected chi connectivity index (χ2v) is 17.5. The second-order valence-electron chi connectivity index (χ2n) is 17.5. The molecule has 69 heavy (non-hydrogen) atoms. The summed E-state index contributed by atoms with van der Waals surface area (Å²) in [6.07, 6.45) is 1.29. The smallest absolute Gasteiger partial charge is 0.421 e. The van der Waals surface area contributed by atoms with Crippen LogP contribution in [0.25, 0.3) is 0 Å². The van der Waals surface area contributed by atoms with E-state index >= 15 is 0 Å². The summed E-state index contributed by atoms with van der Waals surface area (Å²) in [4.78, 5) is 87.0. The van der Waals surface area contributed by atoms with Crippen molar-refractivity contribution >= 4 is 58.6 Å². The van der Waals surface area contributed by atoms with Crippen molar-refractivity contribution in [2.24, 2.45) is 0 Å². The monoisotopic (exact) mass is 955 g/mol. The third-order valence-electron chi connectivity index (χ3n) is 12.3. The number of amides is 6. The average Bonchev–Trinajstić information content (AvgIpc) is 3.57. The molecule has 0 bridgehead atoms. The number of benzene rings is 3. The Morgan fingerprint density at radius 3 is 2.38 bits per heavy atom. The van der Waals surface area contributed by atoms with Crippen molar-refractivity contribution < 1.29 is 51.4 Å². The zero-order chi connectivity index (χ0) is 49.4. The fourth-order valence-electron chi connectivity index (χ4n) is 8.82. The third kappa shape index (κ3) is 12.0. The van der Waals surface area contributed by atoms with Crippen molar-refractivity contribution in [2.75, 3.05) is 50.5 Å². The number of aromatic nitrogens is 2. The van der Waals surface area contributed by atoms with E-state index < -0.39 is 53.1 Å². The zero-order valence-electron chi connectivity index (χ0n) is 38.9. The van der Waals surface area contributed by atoms with Gasteiger partial charge < -0.3 is 35.6 Å². The minimum absolute atomic E-state index is 0.00480. The fraction of sp³-hybridized carbons (Fsp3) is 0.429. The summed E-state index contributed by atoms with van der Waals surface area (Å²) < 4.78 is 54.4. The van der Waals surface area contributed by atoms with Crippen LogP contribution in [0.5, 0.6) is 11.5 Å². The van der Waals surface area contributed by atoms with Crippen LogP contribution in [-0.2, 0) is 20.6 Å². The lowest BCUT2D eigenvalue weighted by atomic mass is 9.86. The van der Waals surface area contributed by atoms with Crippen LogP contribution in [0.2, 0.25) is 0 Å². The highest BCUT2D eigenvalue weighted by atomic mass is 19.4. The van der Waals surface area contributed by atoms with E-state index in [0.717, 1.165) is 74.2 Å². The number of ether oxygens (including phenoxy) is 2. The van der Waals surface area contributed by atoms with Crippen LogP contribution in [0, 0.1) is 6.92 Å². The molecule has 1 unspecified atom stereocenters. The van der Waals surface area contributed by atoms with Crippen molar-refractivity contribution in [1.29, 1.82) is 0 Å². The molecule has 20 heteroatoms. The molecule has 366 valence electrons. The standard InChI is InChI=1S/C49H56F3N9O8/c1-28(2)69-39-25-33(29(3)24-36(39)57-48-55-26-34(49(50,51)52)43(59-48)56-35-14-8-7-12-31(35)44(64)53-4)30-18-22-60(23-19-30)21-10-6-5-9-20-54-41(63)27-68-38-15-11-13-32-42(38)47(67)61(46(32)66)37-16-17-40(62)58-45(37)65/h7-8,11-15,24-26,28,30,37H,5-6,9-10,16-23,27H2,1-4H3,(H,53,64)(H,54,63)(H,58,62,65)(H2,55,56,57,59). The van der Waals surface area contributed by atoms with Gasteiger partial charge >= 0.3 is 6.18 Å². The molecule has 17 nitrogen and oxygen atoms in total. The van der Waals surface area contributed by atoms with Crippen molar-refractivity contribution in [3.8, 4) is 11.5 Å². The van der Waals surface area contributed by atoms with Gasteiger partial charge in [0.25, 0.3) is 23.6 Å². The maximum absolute atomic E-state index is 14.1.